The highest BCUT2D eigenvalue weighted by Gasteiger charge is 2.32. The van der Waals surface area contributed by atoms with Gasteiger partial charge in [-0.05, 0) is 31.9 Å². The van der Waals surface area contributed by atoms with Crippen LogP contribution < -0.4 is 10.5 Å². The molecule has 0 aliphatic carbocycles. The Labute approximate surface area is 130 Å². The van der Waals surface area contributed by atoms with E-state index in [1.807, 2.05) is 0 Å². The average molecular weight is 310 g/mol. The molecule has 1 amide bonds. The van der Waals surface area contributed by atoms with E-state index < -0.39 is 0 Å². The first kappa shape index (κ1) is 16.7. The standard InChI is InChI=1S/C16H23FN2O3/c1-11-12(17)5-3-7-15(11)22-10-16(20)19-8-4-6-13(18)14(19)9-21-2/h3,5,7,13-14H,4,6,8-10,18H2,1-2H3/t13-,14-/m0/s1. The molecule has 5 nitrogen and oxygen atoms in total. The number of nitrogens with zero attached hydrogens (tertiary/aromatic N) is 1. The molecule has 0 unspecified atom stereocenters. The van der Waals surface area contributed by atoms with Crippen LogP contribution in [0.1, 0.15) is 18.4 Å². The molecule has 1 fully saturated rings. The zero-order valence-corrected chi connectivity index (χ0v) is 13.0. The van der Waals surface area contributed by atoms with E-state index in [0.29, 0.717) is 24.5 Å². The summed E-state index contributed by atoms with van der Waals surface area (Å²) in [4.78, 5) is 14.1. The normalized spacial score (nSPS) is 21.7. The van der Waals surface area contributed by atoms with E-state index in [-0.39, 0.29) is 30.4 Å². The van der Waals surface area contributed by atoms with E-state index in [9.17, 15) is 9.18 Å². The van der Waals surface area contributed by atoms with Gasteiger partial charge in [0.1, 0.15) is 11.6 Å². The molecule has 2 atom stereocenters. The lowest BCUT2D eigenvalue weighted by molar-refractivity contribution is -0.139. The summed E-state index contributed by atoms with van der Waals surface area (Å²) in [5.74, 6) is -0.110. The maximum absolute atomic E-state index is 13.5. The molecule has 6 heteroatoms. The van der Waals surface area contributed by atoms with Crippen molar-refractivity contribution in [2.75, 3.05) is 26.9 Å². The number of rotatable bonds is 5. The zero-order valence-electron chi connectivity index (χ0n) is 13.0. The Hall–Kier alpha value is -1.66. The number of halogens is 1. The number of likely N-dealkylation sites (tertiary alicyclic amines) is 1. The molecule has 0 bridgehead atoms. The topological polar surface area (TPSA) is 64.8 Å². The Kier molecular flexibility index (Phi) is 5.74. The monoisotopic (exact) mass is 310 g/mol. The largest absolute Gasteiger partial charge is 0.483 e. The summed E-state index contributed by atoms with van der Waals surface area (Å²) in [7, 11) is 1.59. The molecular formula is C16H23FN2O3. The second-order valence-corrected chi connectivity index (χ2v) is 5.57. The lowest BCUT2D eigenvalue weighted by Gasteiger charge is -2.39. The molecule has 0 spiro atoms. The molecule has 1 aliphatic heterocycles. The predicted molar refractivity (Wildman–Crippen MR) is 81.2 cm³/mol. The van der Waals surface area contributed by atoms with Gasteiger partial charge in [0, 0.05) is 25.3 Å². The quantitative estimate of drug-likeness (QED) is 0.894. The third-order valence-electron chi connectivity index (χ3n) is 4.06. The van der Waals surface area contributed by atoms with Gasteiger partial charge < -0.3 is 20.1 Å². The van der Waals surface area contributed by atoms with Gasteiger partial charge in [0.05, 0.1) is 12.6 Å². The van der Waals surface area contributed by atoms with Crippen LogP contribution in [0.15, 0.2) is 18.2 Å². The summed E-state index contributed by atoms with van der Waals surface area (Å²) < 4.78 is 24.1. The Balaban J connectivity index is 1.99. The van der Waals surface area contributed by atoms with Gasteiger partial charge >= 0.3 is 0 Å². The van der Waals surface area contributed by atoms with E-state index in [1.54, 1.807) is 31.1 Å². The number of benzene rings is 1. The minimum atomic E-state index is -0.345. The molecule has 2 rings (SSSR count). The Morgan fingerprint density at radius 3 is 3.00 bits per heavy atom. The van der Waals surface area contributed by atoms with Crippen LogP contribution in [-0.4, -0.2) is 49.8 Å². The first-order chi connectivity index (χ1) is 10.5. The Bertz CT molecular complexity index is 524. The molecule has 22 heavy (non-hydrogen) atoms. The van der Waals surface area contributed by atoms with Crippen molar-refractivity contribution in [3.8, 4) is 5.75 Å². The van der Waals surface area contributed by atoms with Crippen molar-refractivity contribution in [2.24, 2.45) is 5.73 Å². The summed E-state index contributed by atoms with van der Waals surface area (Å²) in [6.45, 7) is 2.55. The highest BCUT2D eigenvalue weighted by molar-refractivity contribution is 5.78. The van der Waals surface area contributed by atoms with E-state index in [2.05, 4.69) is 0 Å². The van der Waals surface area contributed by atoms with Gasteiger partial charge in [-0.3, -0.25) is 4.79 Å². The van der Waals surface area contributed by atoms with E-state index in [0.717, 1.165) is 12.8 Å². The van der Waals surface area contributed by atoms with Gasteiger partial charge in [-0.1, -0.05) is 6.07 Å². The van der Waals surface area contributed by atoms with Gasteiger partial charge in [-0.2, -0.15) is 0 Å². The van der Waals surface area contributed by atoms with Crippen molar-refractivity contribution in [3.05, 3.63) is 29.6 Å². The van der Waals surface area contributed by atoms with Crippen LogP contribution in [0.25, 0.3) is 0 Å². The summed E-state index contributed by atoms with van der Waals surface area (Å²) in [6, 6.07) is 4.35. The molecule has 0 radical (unpaired) electrons. The fourth-order valence-electron chi connectivity index (χ4n) is 2.75. The van der Waals surface area contributed by atoms with Crippen LogP contribution >= 0.6 is 0 Å². The van der Waals surface area contributed by atoms with Crippen molar-refractivity contribution >= 4 is 5.91 Å². The van der Waals surface area contributed by atoms with Gasteiger partial charge in [-0.25, -0.2) is 4.39 Å². The summed E-state index contributed by atoms with van der Waals surface area (Å²) in [5.41, 5.74) is 6.48. The van der Waals surface area contributed by atoms with Crippen LogP contribution in [0.3, 0.4) is 0 Å². The number of carbonyl (C=O) groups is 1. The molecule has 1 heterocycles. The third-order valence-corrected chi connectivity index (χ3v) is 4.06. The molecule has 0 aromatic heterocycles. The number of amides is 1. The van der Waals surface area contributed by atoms with Crippen molar-refractivity contribution in [2.45, 2.75) is 31.8 Å². The second-order valence-electron chi connectivity index (χ2n) is 5.57. The Morgan fingerprint density at radius 1 is 1.50 bits per heavy atom. The molecule has 1 saturated heterocycles. The smallest absolute Gasteiger partial charge is 0.260 e. The lowest BCUT2D eigenvalue weighted by atomic mass is 9.97. The first-order valence-corrected chi connectivity index (χ1v) is 7.46. The molecule has 1 aliphatic rings. The molecule has 1 aromatic rings. The first-order valence-electron chi connectivity index (χ1n) is 7.46. The fourth-order valence-corrected chi connectivity index (χ4v) is 2.75. The van der Waals surface area contributed by atoms with Gasteiger partial charge in [0.15, 0.2) is 6.61 Å². The lowest BCUT2D eigenvalue weighted by Crippen LogP contribution is -2.57. The fraction of sp³-hybridized carbons (Fsp3) is 0.562. The second kappa shape index (κ2) is 7.56. The Morgan fingerprint density at radius 2 is 2.27 bits per heavy atom. The number of piperidine rings is 1. The molecule has 0 saturated carbocycles. The number of hydrogen-bond donors (Lipinski definition) is 1. The van der Waals surface area contributed by atoms with Crippen LogP contribution in [0.4, 0.5) is 4.39 Å². The number of ether oxygens (including phenoxy) is 2. The SMILES string of the molecule is COC[C@H]1[C@@H](N)CCCN1C(=O)COc1cccc(F)c1C. The zero-order chi connectivity index (χ0) is 16.1. The van der Waals surface area contributed by atoms with E-state index >= 15 is 0 Å². The van der Waals surface area contributed by atoms with Crippen molar-refractivity contribution in [1.29, 1.82) is 0 Å². The van der Waals surface area contributed by atoms with Gasteiger partial charge in [0.25, 0.3) is 5.91 Å². The predicted octanol–water partition coefficient (Wildman–Crippen LogP) is 1.48. The minimum absolute atomic E-state index is 0.0893. The number of carbonyl (C=O) groups excluding carboxylic acids is 1. The average Bonchev–Trinajstić information content (AvgIpc) is 2.50. The van der Waals surface area contributed by atoms with Gasteiger partial charge in [0.2, 0.25) is 0 Å². The maximum Gasteiger partial charge on any atom is 0.260 e. The maximum atomic E-state index is 13.5. The summed E-state index contributed by atoms with van der Waals surface area (Å²) >= 11 is 0. The molecule has 1 aromatic carbocycles. The van der Waals surface area contributed by atoms with Crippen LogP contribution in [-0.2, 0) is 9.53 Å². The van der Waals surface area contributed by atoms with Crippen molar-refractivity contribution in [3.63, 3.8) is 0 Å². The number of hydrogen-bond acceptors (Lipinski definition) is 4. The highest BCUT2D eigenvalue weighted by Crippen LogP contribution is 2.21. The summed E-state index contributed by atoms with van der Waals surface area (Å²) in [5, 5.41) is 0. The van der Waals surface area contributed by atoms with Crippen LogP contribution in [0.5, 0.6) is 5.75 Å². The highest BCUT2D eigenvalue weighted by atomic mass is 19.1. The van der Waals surface area contributed by atoms with Crippen molar-refractivity contribution in [1.82, 2.24) is 4.90 Å². The number of methoxy groups -OCH3 is 1. The number of nitrogens with two attached hydrogens (primary N) is 1. The van der Waals surface area contributed by atoms with Crippen LogP contribution in [0.2, 0.25) is 0 Å². The minimum Gasteiger partial charge on any atom is -0.483 e. The third kappa shape index (κ3) is 3.75. The van der Waals surface area contributed by atoms with Crippen molar-refractivity contribution < 1.29 is 18.7 Å². The van der Waals surface area contributed by atoms with Crippen LogP contribution in [0, 0.1) is 12.7 Å². The van der Waals surface area contributed by atoms with E-state index in [4.69, 9.17) is 15.2 Å². The molecule has 2 N–H and O–H groups in total. The molecular weight excluding hydrogens is 287 g/mol. The molecule has 122 valence electrons. The van der Waals surface area contributed by atoms with E-state index in [1.165, 1.54) is 6.07 Å². The van der Waals surface area contributed by atoms with Gasteiger partial charge in [-0.15, -0.1) is 0 Å². The summed E-state index contributed by atoms with van der Waals surface area (Å²) in [6.07, 6.45) is 1.74.